The van der Waals surface area contributed by atoms with Gasteiger partial charge in [0.05, 0.1) is 14.7 Å². The maximum Gasteiger partial charge on any atom is 0.230 e. The maximum atomic E-state index is 13.2. The van der Waals surface area contributed by atoms with E-state index < -0.39 is 34.6 Å². The van der Waals surface area contributed by atoms with Gasteiger partial charge in [-0.1, -0.05) is 36.4 Å². The molecule has 7 nitrogen and oxygen atoms in total. The van der Waals surface area contributed by atoms with Crippen molar-refractivity contribution in [3.63, 3.8) is 0 Å². The summed E-state index contributed by atoms with van der Waals surface area (Å²) >= 11 is 0. The number of sulfone groups is 2. The van der Waals surface area contributed by atoms with Crippen molar-refractivity contribution < 1.29 is 21.8 Å². The van der Waals surface area contributed by atoms with Crippen LogP contribution >= 0.6 is 0 Å². The van der Waals surface area contributed by atoms with E-state index >= 15 is 0 Å². The lowest BCUT2D eigenvalue weighted by Crippen LogP contribution is -2.35. The predicted octanol–water partition coefficient (Wildman–Crippen LogP) is 2.44. The first-order chi connectivity index (χ1) is 12.2. The average molecular weight is 393 g/mol. The summed E-state index contributed by atoms with van der Waals surface area (Å²) in [5, 5.41) is 10.6. The zero-order valence-corrected chi connectivity index (χ0v) is 15.1. The highest BCUT2D eigenvalue weighted by molar-refractivity contribution is 8.10. The van der Waals surface area contributed by atoms with Crippen molar-refractivity contribution in [3.8, 4) is 0 Å². The first-order valence-corrected chi connectivity index (χ1v) is 10.6. The van der Waals surface area contributed by atoms with Crippen molar-refractivity contribution in [1.82, 2.24) is 0 Å². The summed E-state index contributed by atoms with van der Waals surface area (Å²) in [4.78, 5) is 9.60. The molecule has 1 aliphatic rings. The zero-order chi connectivity index (χ0) is 19.0. The van der Waals surface area contributed by atoms with E-state index in [1.807, 2.05) is 0 Å². The summed E-state index contributed by atoms with van der Waals surface area (Å²) in [6.45, 7) is 0. The summed E-state index contributed by atoms with van der Waals surface area (Å²) in [7, 11) is -8.58. The lowest BCUT2D eigenvalue weighted by Gasteiger charge is -2.18. The molecule has 3 rings (SSSR count). The molecule has 0 aliphatic heterocycles. The molecule has 0 radical (unpaired) electrons. The van der Waals surface area contributed by atoms with E-state index in [1.54, 1.807) is 12.1 Å². The standard InChI is InChI=1S/C17H15NO6S2/c19-18(20)12-11-14-13-17(14,25(21,22)15-7-3-1-4-8-15)26(23,24)16-9-5-2-6-10-16/h1-12,14H,13H2/b12-11+. The highest BCUT2D eigenvalue weighted by Crippen LogP contribution is 2.59. The van der Waals surface area contributed by atoms with Crippen molar-refractivity contribution in [2.75, 3.05) is 0 Å². The largest absolute Gasteiger partial charge is 0.259 e. The molecule has 0 saturated heterocycles. The Bertz CT molecular complexity index is 991. The fourth-order valence-corrected chi connectivity index (χ4v) is 8.31. The van der Waals surface area contributed by atoms with Crippen LogP contribution in [0.25, 0.3) is 0 Å². The topological polar surface area (TPSA) is 111 Å². The highest BCUT2D eigenvalue weighted by atomic mass is 32.3. The molecule has 0 N–H and O–H groups in total. The van der Waals surface area contributed by atoms with E-state index in [4.69, 9.17) is 0 Å². The molecule has 0 aromatic heterocycles. The van der Waals surface area contributed by atoms with Crippen molar-refractivity contribution in [2.24, 2.45) is 5.92 Å². The van der Waals surface area contributed by atoms with Gasteiger partial charge in [0.2, 0.25) is 6.20 Å². The smallest absolute Gasteiger partial charge is 0.230 e. The lowest BCUT2D eigenvalue weighted by molar-refractivity contribution is -0.402. The van der Waals surface area contributed by atoms with Crippen LogP contribution in [0.3, 0.4) is 0 Å². The Balaban J connectivity index is 2.19. The van der Waals surface area contributed by atoms with Gasteiger partial charge in [-0.25, -0.2) is 16.8 Å². The second-order valence-electron chi connectivity index (χ2n) is 5.88. The van der Waals surface area contributed by atoms with Gasteiger partial charge in [0, 0.05) is 5.92 Å². The SMILES string of the molecule is O=[N+]([O-])/C=C/C1CC1(S(=O)(=O)c1ccccc1)S(=O)(=O)c1ccccc1. The number of hydrogen-bond donors (Lipinski definition) is 0. The second-order valence-corrected chi connectivity index (χ2v) is 10.6. The van der Waals surface area contributed by atoms with Gasteiger partial charge in [0.15, 0.2) is 23.8 Å². The molecule has 2 aromatic carbocycles. The first kappa shape index (κ1) is 18.3. The van der Waals surface area contributed by atoms with E-state index in [-0.39, 0.29) is 16.2 Å². The van der Waals surface area contributed by atoms with Gasteiger partial charge in [-0.3, -0.25) is 10.1 Å². The van der Waals surface area contributed by atoms with E-state index in [9.17, 15) is 26.9 Å². The molecule has 1 unspecified atom stereocenters. The number of rotatable bonds is 6. The van der Waals surface area contributed by atoms with E-state index in [2.05, 4.69) is 0 Å². The van der Waals surface area contributed by atoms with Crippen molar-refractivity contribution >= 4 is 19.7 Å². The van der Waals surface area contributed by atoms with Gasteiger partial charge < -0.3 is 0 Å². The molecule has 136 valence electrons. The van der Waals surface area contributed by atoms with Crippen LogP contribution in [0, 0.1) is 16.0 Å². The van der Waals surface area contributed by atoms with Crippen LogP contribution < -0.4 is 0 Å². The van der Waals surface area contributed by atoms with Crippen molar-refractivity contribution in [3.05, 3.63) is 83.1 Å². The molecule has 0 bridgehead atoms. The van der Waals surface area contributed by atoms with Crippen LogP contribution in [0.1, 0.15) is 6.42 Å². The summed E-state index contributed by atoms with van der Waals surface area (Å²) in [6, 6.07) is 14.5. The van der Waals surface area contributed by atoms with Gasteiger partial charge in [0.25, 0.3) is 0 Å². The molecule has 1 fully saturated rings. The van der Waals surface area contributed by atoms with E-state index in [1.165, 1.54) is 48.5 Å². The van der Waals surface area contributed by atoms with Gasteiger partial charge in [-0.05, 0) is 36.8 Å². The molecule has 0 amide bonds. The monoisotopic (exact) mass is 393 g/mol. The van der Waals surface area contributed by atoms with E-state index in [0.29, 0.717) is 6.20 Å². The molecule has 1 atom stereocenters. The van der Waals surface area contributed by atoms with Gasteiger partial charge >= 0.3 is 0 Å². The summed E-state index contributed by atoms with van der Waals surface area (Å²) in [5.41, 5.74) is 0. The minimum absolute atomic E-state index is 0.128. The van der Waals surface area contributed by atoms with Crippen LogP contribution in [-0.2, 0) is 19.7 Å². The fourth-order valence-electron chi connectivity index (χ4n) is 3.00. The van der Waals surface area contributed by atoms with Crippen LogP contribution in [-0.4, -0.2) is 25.8 Å². The third kappa shape index (κ3) is 2.73. The van der Waals surface area contributed by atoms with Crippen LogP contribution in [0.15, 0.2) is 82.7 Å². The Morgan fingerprint density at radius 2 is 1.31 bits per heavy atom. The molecule has 0 spiro atoms. The van der Waals surface area contributed by atoms with Gasteiger partial charge in [-0.2, -0.15) is 0 Å². The Kier molecular flexibility index (Phi) is 4.45. The minimum atomic E-state index is -4.29. The predicted molar refractivity (Wildman–Crippen MR) is 94.2 cm³/mol. The number of hydrogen-bond acceptors (Lipinski definition) is 6. The summed E-state index contributed by atoms with van der Waals surface area (Å²) < 4.78 is 50.7. The molecule has 2 aromatic rings. The maximum absolute atomic E-state index is 13.2. The molecular formula is C17H15NO6S2. The van der Waals surface area contributed by atoms with Crippen LogP contribution in [0.4, 0.5) is 0 Å². The minimum Gasteiger partial charge on any atom is -0.259 e. The summed E-state index contributed by atoms with van der Waals surface area (Å²) in [6.07, 6.45) is 1.40. The third-order valence-corrected chi connectivity index (χ3v) is 10.2. The van der Waals surface area contributed by atoms with Crippen molar-refractivity contribution in [2.45, 2.75) is 20.3 Å². The first-order valence-electron chi connectivity index (χ1n) is 7.65. The molecule has 0 heterocycles. The molecule has 9 heteroatoms. The zero-order valence-electron chi connectivity index (χ0n) is 13.4. The number of benzene rings is 2. The highest BCUT2D eigenvalue weighted by Gasteiger charge is 2.72. The Labute approximate surface area is 151 Å². The van der Waals surface area contributed by atoms with Gasteiger partial charge in [-0.15, -0.1) is 0 Å². The molecule has 1 aliphatic carbocycles. The molecular weight excluding hydrogens is 378 g/mol. The van der Waals surface area contributed by atoms with Crippen LogP contribution in [0.5, 0.6) is 0 Å². The Hall–Kier alpha value is -2.52. The Morgan fingerprint density at radius 3 is 1.69 bits per heavy atom. The van der Waals surface area contributed by atoms with Crippen LogP contribution in [0.2, 0.25) is 0 Å². The van der Waals surface area contributed by atoms with E-state index in [0.717, 1.165) is 6.08 Å². The summed E-state index contributed by atoms with van der Waals surface area (Å²) in [5.74, 6) is -0.997. The Morgan fingerprint density at radius 1 is 0.885 bits per heavy atom. The fraction of sp³-hybridized carbons (Fsp3) is 0.176. The molecule has 1 saturated carbocycles. The third-order valence-electron chi connectivity index (χ3n) is 4.37. The normalized spacial score (nSPS) is 19.3. The molecule has 26 heavy (non-hydrogen) atoms. The van der Waals surface area contributed by atoms with Gasteiger partial charge in [0.1, 0.15) is 0 Å². The average Bonchev–Trinajstić information content (AvgIpc) is 3.39. The lowest BCUT2D eigenvalue weighted by atomic mass is 10.4. The second kappa shape index (κ2) is 6.33. The van der Waals surface area contributed by atoms with Crippen molar-refractivity contribution in [1.29, 1.82) is 0 Å². The number of allylic oxidation sites excluding steroid dienone is 1. The quantitative estimate of drug-likeness (QED) is 0.550. The number of nitrogens with zero attached hydrogens (tertiary/aromatic N) is 1. The number of nitro groups is 1.